The molecule has 8 nitrogen and oxygen atoms in total. The molecule has 1 aliphatic rings. The fourth-order valence-corrected chi connectivity index (χ4v) is 3.32. The molecule has 0 saturated heterocycles. The molecule has 0 atom stereocenters. The number of hydrogen-bond donors (Lipinski definition) is 2. The smallest absolute Gasteiger partial charge is 0.241 e. The van der Waals surface area contributed by atoms with Crippen LogP contribution in [0.1, 0.15) is 12.8 Å². The predicted molar refractivity (Wildman–Crippen MR) is 94.5 cm³/mol. The third-order valence-corrected chi connectivity index (χ3v) is 4.85. The Kier molecular flexibility index (Phi) is 3.17. The van der Waals surface area contributed by atoms with Crippen LogP contribution in [0, 0.1) is 0 Å². The molecular formula is C17H18N8. The first-order valence-corrected chi connectivity index (χ1v) is 8.37. The van der Waals surface area contributed by atoms with Crippen LogP contribution in [-0.2, 0) is 0 Å². The standard InChI is InChI=1S/C17H18N8/c1-18-12-6-13(7-12)22-16-20-9-15-14(2-4-25(15)23-16)11-8-21-17-19-3-5-24(17)10-11/h2-5,8-10,12-13,18H,6-7H2,1H3,(H,22,23). The van der Waals surface area contributed by atoms with E-state index in [-0.39, 0.29) is 0 Å². The van der Waals surface area contributed by atoms with Crippen LogP contribution >= 0.6 is 0 Å². The normalized spacial score (nSPS) is 20.0. The van der Waals surface area contributed by atoms with Crippen LogP contribution in [-0.4, -0.2) is 48.1 Å². The zero-order valence-corrected chi connectivity index (χ0v) is 13.8. The lowest BCUT2D eigenvalue weighted by Gasteiger charge is -2.35. The highest BCUT2D eigenvalue weighted by Gasteiger charge is 2.28. The second-order valence-electron chi connectivity index (χ2n) is 6.42. The molecule has 1 aliphatic carbocycles. The van der Waals surface area contributed by atoms with Crippen LogP contribution < -0.4 is 10.6 Å². The molecule has 0 aliphatic heterocycles. The summed E-state index contributed by atoms with van der Waals surface area (Å²) in [6.07, 6.45) is 13.5. The molecule has 4 aromatic heterocycles. The average molecular weight is 334 g/mol. The summed E-state index contributed by atoms with van der Waals surface area (Å²) in [5.41, 5.74) is 3.01. The van der Waals surface area contributed by atoms with Gasteiger partial charge in [-0.05, 0) is 26.0 Å². The van der Waals surface area contributed by atoms with Gasteiger partial charge in [0.15, 0.2) is 0 Å². The van der Waals surface area contributed by atoms with Gasteiger partial charge in [-0.3, -0.25) is 4.40 Å². The summed E-state index contributed by atoms with van der Waals surface area (Å²) in [6.45, 7) is 0. The highest BCUT2D eigenvalue weighted by Crippen LogP contribution is 2.26. The largest absolute Gasteiger partial charge is 0.350 e. The van der Waals surface area contributed by atoms with Gasteiger partial charge in [-0.15, -0.1) is 5.10 Å². The number of aromatic nitrogens is 6. The molecule has 1 fully saturated rings. The van der Waals surface area contributed by atoms with Gasteiger partial charge in [-0.2, -0.15) is 0 Å². The summed E-state index contributed by atoms with van der Waals surface area (Å²) < 4.78 is 3.77. The number of fused-ring (bicyclic) bond motifs is 2. The zero-order valence-electron chi connectivity index (χ0n) is 13.8. The van der Waals surface area contributed by atoms with Crippen LogP contribution in [0.4, 0.5) is 5.95 Å². The lowest BCUT2D eigenvalue weighted by atomic mass is 9.87. The number of nitrogens with one attached hydrogen (secondary N) is 2. The highest BCUT2D eigenvalue weighted by atomic mass is 15.3. The number of rotatable bonds is 4. The number of hydrogen-bond acceptors (Lipinski definition) is 6. The Labute approximate surface area is 143 Å². The SMILES string of the molecule is CNC1CC(Nc2ncc3c(-c4cnc5nccn5c4)ccn3n2)C1. The highest BCUT2D eigenvalue weighted by molar-refractivity contribution is 5.79. The minimum Gasteiger partial charge on any atom is -0.350 e. The first kappa shape index (κ1) is 14.4. The van der Waals surface area contributed by atoms with Gasteiger partial charge in [-0.1, -0.05) is 0 Å². The summed E-state index contributed by atoms with van der Waals surface area (Å²) >= 11 is 0. The van der Waals surface area contributed by atoms with Gasteiger partial charge in [0.1, 0.15) is 0 Å². The van der Waals surface area contributed by atoms with Crippen molar-refractivity contribution in [3.8, 4) is 11.1 Å². The monoisotopic (exact) mass is 334 g/mol. The number of nitrogens with zero attached hydrogens (tertiary/aromatic N) is 6. The number of imidazole rings is 1. The van der Waals surface area contributed by atoms with Gasteiger partial charge in [0.05, 0.1) is 11.7 Å². The van der Waals surface area contributed by atoms with Crippen molar-refractivity contribution in [1.82, 2.24) is 34.3 Å². The second-order valence-corrected chi connectivity index (χ2v) is 6.42. The molecule has 4 heterocycles. The van der Waals surface area contributed by atoms with E-state index in [9.17, 15) is 0 Å². The van der Waals surface area contributed by atoms with Crippen LogP contribution in [0.25, 0.3) is 22.4 Å². The van der Waals surface area contributed by atoms with E-state index in [1.165, 1.54) is 0 Å². The fraction of sp³-hybridized carbons (Fsp3) is 0.294. The Morgan fingerprint density at radius 1 is 1.08 bits per heavy atom. The number of anilines is 1. The fourth-order valence-electron chi connectivity index (χ4n) is 3.32. The second kappa shape index (κ2) is 5.52. The van der Waals surface area contributed by atoms with Crippen molar-refractivity contribution in [2.24, 2.45) is 0 Å². The third-order valence-electron chi connectivity index (χ3n) is 4.85. The van der Waals surface area contributed by atoms with Gasteiger partial charge < -0.3 is 10.6 Å². The van der Waals surface area contributed by atoms with Crippen molar-refractivity contribution in [3.05, 3.63) is 43.2 Å². The Morgan fingerprint density at radius 3 is 2.88 bits per heavy atom. The Bertz CT molecular complexity index is 1040. The maximum Gasteiger partial charge on any atom is 0.241 e. The molecule has 25 heavy (non-hydrogen) atoms. The zero-order chi connectivity index (χ0) is 16.8. The summed E-state index contributed by atoms with van der Waals surface area (Å²) in [5.74, 6) is 1.35. The van der Waals surface area contributed by atoms with E-state index in [0.717, 1.165) is 29.5 Å². The molecule has 8 heteroatoms. The van der Waals surface area contributed by atoms with Crippen molar-refractivity contribution >= 4 is 17.2 Å². The molecule has 0 aromatic carbocycles. The molecule has 126 valence electrons. The summed E-state index contributed by atoms with van der Waals surface area (Å²) in [4.78, 5) is 13.0. The Morgan fingerprint density at radius 2 is 2.00 bits per heavy atom. The van der Waals surface area contributed by atoms with Gasteiger partial charge in [0.25, 0.3) is 0 Å². The van der Waals surface area contributed by atoms with Crippen molar-refractivity contribution < 1.29 is 0 Å². The molecule has 2 N–H and O–H groups in total. The maximum absolute atomic E-state index is 4.58. The van der Waals surface area contributed by atoms with Gasteiger partial charge in [0.2, 0.25) is 11.7 Å². The molecule has 0 amide bonds. The molecule has 0 spiro atoms. The van der Waals surface area contributed by atoms with E-state index in [1.54, 1.807) is 6.20 Å². The van der Waals surface area contributed by atoms with Crippen LogP contribution in [0.2, 0.25) is 0 Å². The van der Waals surface area contributed by atoms with E-state index in [2.05, 4.69) is 30.7 Å². The van der Waals surface area contributed by atoms with Crippen molar-refractivity contribution in [1.29, 1.82) is 0 Å². The summed E-state index contributed by atoms with van der Waals surface area (Å²) in [7, 11) is 2.00. The average Bonchev–Trinajstić information content (AvgIpc) is 3.23. The van der Waals surface area contributed by atoms with Gasteiger partial charge in [0, 0.05) is 54.2 Å². The molecule has 0 unspecified atom stereocenters. The molecule has 5 rings (SSSR count). The third kappa shape index (κ3) is 2.42. The van der Waals surface area contributed by atoms with E-state index in [4.69, 9.17) is 0 Å². The van der Waals surface area contributed by atoms with Crippen molar-refractivity contribution in [2.45, 2.75) is 24.9 Å². The lowest BCUT2D eigenvalue weighted by Crippen LogP contribution is -2.46. The maximum atomic E-state index is 4.58. The van der Waals surface area contributed by atoms with Gasteiger partial charge >= 0.3 is 0 Å². The molecule has 4 aromatic rings. The molecule has 0 bridgehead atoms. The molecule has 0 radical (unpaired) electrons. The van der Waals surface area contributed by atoms with E-state index in [1.807, 2.05) is 53.0 Å². The van der Waals surface area contributed by atoms with E-state index in [0.29, 0.717) is 23.8 Å². The van der Waals surface area contributed by atoms with Crippen LogP contribution in [0.5, 0.6) is 0 Å². The van der Waals surface area contributed by atoms with Crippen molar-refractivity contribution in [3.63, 3.8) is 0 Å². The molecular weight excluding hydrogens is 316 g/mol. The minimum atomic E-state index is 0.442. The lowest BCUT2D eigenvalue weighted by molar-refractivity contribution is 0.325. The summed E-state index contributed by atoms with van der Waals surface area (Å²) in [6, 6.07) is 3.08. The van der Waals surface area contributed by atoms with Crippen LogP contribution in [0.15, 0.2) is 43.2 Å². The quantitative estimate of drug-likeness (QED) is 0.590. The van der Waals surface area contributed by atoms with Crippen molar-refractivity contribution in [2.75, 3.05) is 12.4 Å². The van der Waals surface area contributed by atoms with E-state index >= 15 is 0 Å². The first-order chi connectivity index (χ1) is 12.3. The minimum absolute atomic E-state index is 0.442. The van der Waals surface area contributed by atoms with Gasteiger partial charge in [-0.25, -0.2) is 19.5 Å². The molecule has 1 saturated carbocycles. The first-order valence-electron chi connectivity index (χ1n) is 8.37. The van der Waals surface area contributed by atoms with E-state index < -0.39 is 0 Å². The van der Waals surface area contributed by atoms with Crippen LogP contribution in [0.3, 0.4) is 0 Å². The predicted octanol–water partition coefficient (Wildman–Crippen LogP) is 1.60. The summed E-state index contributed by atoms with van der Waals surface area (Å²) in [5, 5.41) is 11.3. The Hall–Kier alpha value is -3.00. The Balaban J connectivity index is 1.45. The topological polar surface area (TPSA) is 84.4 Å².